The van der Waals surface area contributed by atoms with Crippen LogP contribution >= 0.6 is 0 Å². The summed E-state index contributed by atoms with van der Waals surface area (Å²) in [5, 5.41) is 0. The summed E-state index contributed by atoms with van der Waals surface area (Å²) in [5.74, 6) is 0. The molecule has 24 heavy (non-hydrogen) atoms. The Balaban J connectivity index is -0.0000000161. The van der Waals surface area contributed by atoms with Gasteiger partial charge >= 0.3 is 310 Å². The second kappa shape index (κ2) is 52.4. The summed E-state index contributed by atoms with van der Waals surface area (Å²) in [6.45, 7) is 0. The maximum absolute atomic E-state index is 8.58. The SMILES string of the molecule is [Ba+2].[Ba+2].[O]=[Ti]([O-])[O-].[O]=[Ti]([O-])[O-].[O]=[Ti]([O-])[O-].[O]=[Ti]([O-])[O-].[O]=[Ti]([O-])[O-].[Y+3].[Y+3]. The second-order valence-corrected chi connectivity index (χ2v) is 5.15. The summed E-state index contributed by atoms with van der Waals surface area (Å²) in [5.41, 5.74) is 0. The Labute approximate surface area is 300 Å². The molecule has 0 saturated heterocycles. The third kappa shape index (κ3) is 424. The number of hydrogen-bond acceptors (Lipinski definition) is 15. The minimum atomic E-state index is -4.08. The van der Waals surface area contributed by atoms with Crippen molar-refractivity contribution in [1.29, 1.82) is 0 Å². The number of hydrogen-bond donors (Lipinski definition) is 0. The van der Waals surface area contributed by atoms with Gasteiger partial charge < -0.3 is 0 Å². The van der Waals surface area contributed by atoms with E-state index in [1.807, 2.05) is 0 Å². The van der Waals surface area contributed by atoms with Crippen LogP contribution < -0.4 is 36.9 Å². The third-order valence-electron chi connectivity index (χ3n) is 0. The van der Waals surface area contributed by atoms with E-state index in [0.717, 1.165) is 0 Å². The zero-order chi connectivity index (χ0) is 17.9. The topological polar surface area (TPSA) is 316 Å². The Morgan fingerprint density at radius 1 is 0.333 bits per heavy atom. The maximum Gasteiger partial charge on any atom is 3.00 e. The average molecular weight is 932 g/mol. The van der Waals surface area contributed by atoms with Gasteiger partial charge in [-0.1, -0.05) is 0 Å². The molecule has 0 unspecified atom stereocenters. The molecule has 0 spiro atoms. The van der Waals surface area contributed by atoms with Gasteiger partial charge in [0.25, 0.3) is 0 Å². The van der Waals surface area contributed by atoms with Crippen LogP contribution in [0.4, 0.5) is 0 Å². The van der Waals surface area contributed by atoms with Crippen LogP contribution in [-0.2, 0) is 175 Å². The van der Waals surface area contributed by atoms with Crippen molar-refractivity contribution in [2.24, 2.45) is 0 Å². The molecule has 0 aliphatic heterocycles. The summed E-state index contributed by atoms with van der Waals surface area (Å²) in [4.78, 5) is 0. The van der Waals surface area contributed by atoms with Crippen molar-refractivity contribution in [3.63, 3.8) is 0 Å². The molecule has 0 heterocycles. The van der Waals surface area contributed by atoms with Crippen molar-refractivity contribution in [2.45, 2.75) is 0 Å². The molecule has 24 heteroatoms. The third-order valence-corrected chi connectivity index (χ3v) is 0. The van der Waals surface area contributed by atoms with E-state index in [-0.39, 0.29) is 163 Å². The molecular formula is Ba2O15Ti5Y2. The summed E-state index contributed by atoms with van der Waals surface area (Å²) < 4.78 is 129. The van der Waals surface area contributed by atoms with E-state index in [1.165, 1.54) is 0 Å². The Bertz CT molecular complexity index is 221. The zero-order valence-corrected chi connectivity index (χ0v) is 33.6. The molecule has 0 aliphatic rings. The Morgan fingerprint density at radius 2 is 0.333 bits per heavy atom. The van der Waals surface area contributed by atoms with Gasteiger partial charge in [-0.3, -0.25) is 0 Å². The number of rotatable bonds is 0. The molecule has 0 atom stereocenters. The molecule has 0 aliphatic carbocycles. The van der Waals surface area contributed by atoms with Crippen LogP contribution in [0.25, 0.3) is 0 Å². The largest absolute Gasteiger partial charge is 3.00 e. The first-order chi connectivity index (χ1) is 8.66. The van der Waals surface area contributed by atoms with E-state index in [2.05, 4.69) is 0 Å². The molecule has 120 valence electrons. The average Bonchev–Trinajstić information content (AvgIpc) is 1.94. The van der Waals surface area contributed by atoms with Gasteiger partial charge in [0.2, 0.25) is 0 Å². The smallest absolute Gasteiger partial charge is 3.00 e. The van der Waals surface area contributed by atoms with Gasteiger partial charge in [-0.05, 0) is 0 Å². The quantitative estimate of drug-likeness (QED) is 0.204. The van der Waals surface area contributed by atoms with E-state index in [4.69, 9.17) is 53.5 Å². The van der Waals surface area contributed by atoms with Gasteiger partial charge in [0.05, 0.1) is 0 Å². The molecule has 0 aromatic carbocycles. The first-order valence-corrected chi connectivity index (χ1v) is 12.6. The first-order valence-electron chi connectivity index (χ1n) is 3.06. The van der Waals surface area contributed by atoms with Crippen molar-refractivity contribution >= 4 is 97.8 Å². The van der Waals surface area contributed by atoms with E-state index in [9.17, 15) is 0 Å². The van der Waals surface area contributed by atoms with Crippen molar-refractivity contribution < 1.29 is 212 Å². The fourth-order valence-corrected chi connectivity index (χ4v) is 0. The van der Waals surface area contributed by atoms with Crippen LogP contribution in [0.3, 0.4) is 0 Å². The maximum atomic E-state index is 8.58. The van der Waals surface area contributed by atoms with Gasteiger partial charge in [-0.2, -0.15) is 0 Å². The van der Waals surface area contributed by atoms with Gasteiger partial charge in [0, 0.05) is 0 Å². The zero-order valence-electron chi connectivity index (χ0n) is 11.2. The molecule has 0 fully saturated rings. The minimum absolute atomic E-state index is 0. The van der Waals surface area contributed by atoms with Gasteiger partial charge in [0.1, 0.15) is 0 Å². The Hall–Kier alpha value is 7.52. The van der Waals surface area contributed by atoms with Gasteiger partial charge in [0.15, 0.2) is 0 Å². The second-order valence-electron chi connectivity index (χ2n) is 1.25. The molecule has 0 aromatic heterocycles. The summed E-state index contributed by atoms with van der Waals surface area (Å²) in [7, 11) is 0. The van der Waals surface area contributed by atoms with E-state index >= 15 is 0 Å². The fraction of sp³-hybridized carbons (Fsp3) is 0. The molecule has 0 radical (unpaired) electrons. The van der Waals surface area contributed by atoms with E-state index in [0.29, 0.717) is 0 Å². The fourth-order valence-electron chi connectivity index (χ4n) is 0. The molecule has 15 nitrogen and oxygen atoms in total. The molecular weight excluding hydrogens is 932 g/mol. The van der Waals surface area contributed by atoms with Crippen molar-refractivity contribution in [3.05, 3.63) is 0 Å². The van der Waals surface area contributed by atoms with Gasteiger partial charge in [-0.15, -0.1) is 0 Å². The van der Waals surface area contributed by atoms with Gasteiger partial charge in [-0.25, -0.2) is 0 Å². The first kappa shape index (κ1) is 57.9. The van der Waals surface area contributed by atoms with Crippen LogP contribution in [-0.4, -0.2) is 97.8 Å². The minimum Gasteiger partial charge on any atom is 3.00 e. The normalized spacial score (nSPS) is 5.42. The van der Waals surface area contributed by atoms with Crippen molar-refractivity contribution in [1.82, 2.24) is 0 Å². The molecule has 0 saturated carbocycles. The summed E-state index contributed by atoms with van der Waals surface area (Å²) in [6.07, 6.45) is 0. The monoisotopic (exact) mass is 933 g/mol. The molecule has 0 amide bonds. The summed E-state index contributed by atoms with van der Waals surface area (Å²) >= 11 is -20.4. The molecule has 0 rings (SSSR count). The predicted octanol–water partition coefficient (Wildman–Crippen LogP) is -13.3. The van der Waals surface area contributed by atoms with Crippen LogP contribution in [0.15, 0.2) is 0 Å². The van der Waals surface area contributed by atoms with Crippen LogP contribution in [0.2, 0.25) is 0 Å². The molecule has 0 N–H and O–H groups in total. The summed E-state index contributed by atoms with van der Waals surface area (Å²) in [6, 6.07) is 0. The predicted molar refractivity (Wildman–Crippen MR) is 14.9 cm³/mol. The Morgan fingerprint density at radius 3 is 0.333 bits per heavy atom. The van der Waals surface area contributed by atoms with Crippen LogP contribution in [0.5, 0.6) is 0 Å². The molecule has 0 bridgehead atoms. The van der Waals surface area contributed by atoms with Crippen LogP contribution in [0.1, 0.15) is 0 Å². The standard InChI is InChI=1S/2Ba.15O.5Ti.2Y/q2*+2;;;;;;10*-1;;;;;;2*+3. The van der Waals surface area contributed by atoms with E-state index in [1.54, 1.807) is 0 Å². The van der Waals surface area contributed by atoms with Crippen molar-refractivity contribution in [2.75, 3.05) is 0 Å². The van der Waals surface area contributed by atoms with E-state index < -0.39 is 93.1 Å². The molecule has 0 aromatic rings. The Kier molecular flexibility index (Phi) is 127. The van der Waals surface area contributed by atoms with Crippen LogP contribution in [0, 0.1) is 0 Å². The van der Waals surface area contributed by atoms with Crippen molar-refractivity contribution in [3.8, 4) is 0 Å².